The van der Waals surface area contributed by atoms with Crippen LogP contribution in [-0.4, -0.2) is 31.9 Å². The largest absolute Gasteiger partial charge is 0.415 e. The molecule has 0 atom stereocenters. The van der Waals surface area contributed by atoms with Gasteiger partial charge in [0.15, 0.2) is 0 Å². The molecule has 0 aliphatic heterocycles. The molecule has 0 unspecified atom stereocenters. The Morgan fingerprint density at radius 2 is 1.57 bits per heavy atom. The molecule has 0 fully saturated rings. The summed E-state index contributed by atoms with van der Waals surface area (Å²) in [4.78, 5) is 32.5. The van der Waals surface area contributed by atoms with Crippen molar-refractivity contribution < 1.29 is 40.3 Å². The molecule has 4 rings (SSSR count). The number of nitrogens with zero attached hydrogens (tertiary/aromatic N) is 4. The first-order valence-electron chi connectivity index (χ1n) is 9.38. The van der Waals surface area contributed by atoms with Crippen molar-refractivity contribution in [2.75, 3.05) is 5.32 Å². The third-order valence-corrected chi connectivity index (χ3v) is 4.49. The number of anilines is 1. The molecule has 8 nitrogen and oxygen atoms in total. The molecule has 1 amide bonds. The minimum absolute atomic E-state index is 0.0320. The van der Waals surface area contributed by atoms with Gasteiger partial charge in [0, 0.05) is 18.5 Å². The Bertz CT molecular complexity index is 1440. The highest BCUT2D eigenvalue weighted by Gasteiger charge is 2.27. The zero-order chi connectivity index (χ0) is 25.3. The SMILES string of the molecule is O=C(Nc1ncc(-c2nnc(C(F)F)o2)cn1)c1ccc(F)c(C(=O)c2ccc(F)cc2F)c1F. The number of carbonyl (C=O) groups is 2. The lowest BCUT2D eigenvalue weighted by molar-refractivity contribution is 0.102. The summed E-state index contributed by atoms with van der Waals surface area (Å²) in [5.41, 5.74) is -2.81. The average molecular weight is 493 g/mol. The second kappa shape index (κ2) is 9.32. The molecular formula is C21H9F6N5O3. The van der Waals surface area contributed by atoms with Gasteiger partial charge in [-0.1, -0.05) is 0 Å². The second-order valence-corrected chi connectivity index (χ2v) is 6.73. The maximum Gasteiger partial charge on any atom is 0.314 e. The van der Waals surface area contributed by atoms with E-state index in [2.05, 4.69) is 25.5 Å². The normalized spacial score (nSPS) is 11.1. The zero-order valence-electron chi connectivity index (χ0n) is 16.9. The smallest absolute Gasteiger partial charge is 0.314 e. The van der Waals surface area contributed by atoms with Gasteiger partial charge in [0.05, 0.1) is 22.3 Å². The van der Waals surface area contributed by atoms with E-state index in [9.17, 15) is 35.9 Å². The van der Waals surface area contributed by atoms with Crippen molar-refractivity contribution in [2.45, 2.75) is 6.43 Å². The molecule has 35 heavy (non-hydrogen) atoms. The molecule has 2 heterocycles. The van der Waals surface area contributed by atoms with E-state index in [4.69, 9.17) is 4.42 Å². The molecule has 1 N–H and O–H groups in total. The molecule has 0 spiro atoms. The quantitative estimate of drug-likeness (QED) is 0.311. The Labute approximate surface area is 190 Å². The van der Waals surface area contributed by atoms with Crippen LogP contribution in [0.5, 0.6) is 0 Å². The Hall–Kier alpha value is -4.62. The number of nitrogens with one attached hydrogen (secondary N) is 1. The predicted octanol–water partition coefficient (Wildman–Crippen LogP) is 4.50. The number of alkyl halides is 2. The molecule has 0 aliphatic carbocycles. The fourth-order valence-electron chi connectivity index (χ4n) is 2.86. The third-order valence-electron chi connectivity index (χ3n) is 4.49. The summed E-state index contributed by atoms with van der Waals surface area (Å²) in [6.45, 7) is 0. The molecule has 0 saturated heterocycles. The van der Waals surface area contributed by atoms with E-state index < -0.39 is 64.0 Å². The topological polar surface area (TPSA) is 111 Å². The predicted molar refractivity (Wildman–Crippen MR) is 104 cm³/mol. The fourth-order valence-corrected chi connectivity index (χ4v) is 2.86. The molecule has 2 aromatic carbocycles. The number of aromatic nitrogens is 4. The molecule has 0 aliphatic rings. The van der Waals surface area contributed by atoms with Crippen molar-refractivity contribution in [3.05, 3.63) is 88.6 Å². The van der Waals surface area contributed by atoms with Gasteiger partial charge in [-0.05, 0) is 24.3 Å². The number of ketones is 1. The standard InChI is InChI=1S/C21H9F6N5O3/c22-9-1-2-10(13(24)5-9)16(33)14-12(23)4-3-11(15(14)25)18(34)30-21-28-6-8(7-29-21)19-31-32-20(35-19)17(26)27/h1-7,17H,(H,28,29,30,34). The summed E-state index contributed by atoms with van der Waals surface area (Å²) >= 11 is 0. The number of rotatable bonds is 6. The second-order valence-electron chi connectivity index (χ2n) is 6.73. The minimum atomic E-state index is -2.99. The number of hydrogen-bond acceptors (Lipinski definition) is 7. The lowest BCUT2D eigenvalue weighted by atomic mass is 9.99. The van der Waals surface area contributed by atoms with Gasteiger partial charge in [-0.3, -0.25) is 14.9 Å². The van der Waals surface area contributed by atoms with Crippen LogP contribution in [0.2, 0.25) is 0 Å². The first-order valence-corrected chi connectivity index (χ1v) is 9.38. The summed E-state index contributed by atoms with van der Waals surface area (Å²) < 4.78 is 86.0. The Morgan fingerprint density at radius 3 is 2.20 bits per heavy atom. The third kappa shape index (κ3) is 4.71. The van der Waals surface area contributed by atoms with Crippen molar-refractivity contribution in [1.29, 1.82) is 0 Å². The monoisotopic (exact) mass is 493 g/mol. The lowest BCUT2D eigenvalue weighted by Crippen LogP contribution is -2.19. The molecule has 4 aromatic rings. The lowest BCUT2D eigenvalue weighted by Gasteiger charge is -2.10. The van der Waals surface area contributed by atoms with Gasteiger partial charge in [-0.15, -0.1) is 10.2 Å². The molecule has 2 aromatic heterocycles. The van der Waals surface area contributed by atoms with Crippen LogP contribution in [0.1, 0.15) is 38.6 Å². The fraction of sp³-hybridized carbons (Fsp3) is 0.0476. The van der Waals surface area contributed by atoms with Crippen molar-refractivity contribution in [3.63, 3.8) is 0 Å². The van der Waals surface area contributed by atoms with E-state index in [0.717, 1.165) is 24.5 Å². The van der Waals surface area contributed by atoms with Crippen LogP contribution in [0.25, 0.3) is 11.5 Å². The van der Waals surface area contributed by atoms with Crippen molar-refractivity contribution in [1.82, 2.24) is 20.2 Å². The van der Waals surface area contributed by atoms with Crippen LogP contribution in [0.15, 0.2) is 47.1 Å². The number of benzene rings is 2. The highest BCUT2D eigenvalue weighted by atomic mass is 19.3. The van der Waals surface area contributed by atoms with Gasteiger partial charge < -0.3 is 4.42 Å². The summed E-state index contributed by atoms with van der Waals surface area (Å²) in [6, 6.07) is 3.15. The number of carbonyl (C=O) groups excluding carboxylic acids is 2. The maximum absolute atomic E-state index is 14.9. The maximum atomic E-state index is 14.9. The minimum Gasteiger partial charge on any atom is -0.415 e. The van der Waals surface area contributed by atoms with Crippen molar-refractivity contribution in [3.8, 4) is 11.5 Å². The molecular weight excluding hydrogens is 484 g/mol. The number of amides is 1. The Morgan fingerprint density at radius 1 is 0.886 bits per heavy atom. The number of hydrogen-bond donors (Lipinski definition) is 1. The van der Waals surface area contributed by atoms with Crippen LogP contribution in [0.3, 0.4) is 0 Å². The highest BCUT2D eigenvalue weighted by molar-refractivity contribution is 6.12. The zero-order valence-corrected chi connectivity index (χ0v) is 16.9. The van der Waals surface area contributed by atoms with Gasteiger partial charge in [0.2, 0.25) is 11.7 Å². The molecule has 0 saturated carbocycles. The van der Waals surface area contributed by atoms with E-state index in [1.165, 1.54) is 0 Å². The van der Waals surface area contributed by atoms with Crippen LogP contribution in [0, 0.1) is 23.3 Å². The van der Waals surface area contributed by atoms with E-state index in [1.807, 2.05) is 0 Å². The Balaban J connectivity index is 1.57. The van der Waals surface area contributed by atoms with Gasteiger partial charge in [-0.2, -0.15) is 8.78 Å². The summed E-state index contributed by atoms with van der Waals surface area (Å²) in [6.07, 6.45) is -0.908. The first kappa shape index (κ1) is 23.5. The van der Waals surface area contributed by atoms with Crippen LogP contribution in [0.4, 0.5) is 32.3 Å². The van der Waals surface area contributed by atoms with Gasteiger partial charge >= 0.3 is 6.43 Å². The van der Waals surface area contributed by atoms with E-state index in [-0.39, 0.29) is 17.4 Å². The van der Waals surface area contributed by atoms with Crippen LogP contribution in [-0.2, 0) is 0 Å². The van der Waals surface area contributed by atoms with E-state index in [1.54, 1.807) is 0 Å². The van der Waals surface area contributed by atoms with Crippen LogP contribution >= 0.6 is 0 Å². The summed E-state index contributed by atoms with van der Waals surface area (Å²) in [7, 11) is 0. The van der Waals surface area contributed by atoms with Gasteiger partial charge in [0.1, 0.15) is 23.3 Å². The van der Waals surface area contributed by atoms with Gasteiger partial charge in [-0.25, -0.2) is 27.5 Å². The average Bonchev–Trinajstić information content (AvgIpc) is 3.30. The van der Waals surface area contributed by atoms with Crippen molar-refractivity contribution in [2.24, 2.45) is 0 Å². The molecule has 178 valence electrons. The Kier molecular flexibility index (Phi) is 6.27. The van der Waals surface area contributed by atoms with E-state index >= 15 is 0 Å². The molecule has 14 heteroatoms. The highest BCUT2D eigenvalue weighted by Crippen LogP contribution is 2.24. The summed E-state index contributed by atoms with van der Waals surface area (Å²) in [5, 5.41) is 8.64. The van der Waals surface area contributed by atoms with Crippen LogP contribution < -0.4 is 5.32 Å². The number of halogens is 6. The molecule has 0 bridgehead atoms. The summed E-state index contributed by atoms with van der Waals surface area (Å²) in [5.74, 6) is -9.60. The van der Waals surface area contributed by atoms with Gasteiger partial charge in [0.25, 0.3) is 17.7 Å². The van der Waals surface area contributed by atoms with Crippen molar-refractivity contribution >= 4 is 17.6 Å². The molecule has 0 radical (unpaired) electrons. The first-order chi connectivity index (χ1) is 16.7. The van der Waals surface area contributed by atoms with E-state index in [0.29, 0.717) is 18.2 Å².